The van der Waals surface area contributed by atoms with Crippen molar-refractivity contribution in [1.82, 2.24) is 84.0 Å². The van der Waals surface area contributed by atoms with Crippen LogP contribution in [0.4, 0.5) is 0 Å². The highest BCUT2D eigenvalue weighted by Gasteiger charge is 1.94. The van der Waals surface area contributed by atoms with Gasteiger partial charge in [-0.3, -0.25) is 9.36 Å². The van der Waals surface area contributed by atoms with Gasteiger partial charge in [-0.1, -0.05) is 119 Å². The van der Waals surface area contributed by atoms with E-state index in [-0.39, 0.29) is 0 Å². The van der Waals surface area contributed by atoms with Gasteiger partial charge in [-0.25, -0.2) is 33.3 Å². The molecule has 0 saturated carbocycles. The van der Waals surface area contributed by atoms with E-state index in [1.54, 1.807) is 77.3 Å². The molecule has 0 aliphatic carbocycles. The summed E-state index contributed by atoms with van der Waals surface area (Å²) in [5.41, 5.74) is 7.71. The third kappa shape index (κ3) is 60.3. The molecule has 10 rings (SSSR count). The molecule has 21 nitrogen and oxygen atoms in total. The van der Waals surface area contributed by atoms with Gasteiger partial charge in [0.2, 0.25) is 0 Å². The van der Waals surface area contributed by atoms with Crippen molar-refractivity contribution in [1.29, 1.82) is 0 Å². The van der Waals surface area contributed by atoms with Crippen LogP contribution in [0, 0.1) is 69.2 Å². The number of rotatable bonds is 0. The number of nitrogens with zero attached hydrogens (tertiary/aromatic N) is 20. The van der Waals surface area contributed by atoms with Crippen LogP contribution < -0.4 is 13.7 Å². The molecular weight excluding hydrogens is 1090 g/mol. The molecule has 0 bridgehead atoms. The Bertz CT molecular complexity index is 2520. The molecule has 470 valence electrons. The minimum absolute atomic E-state index is 0.822. The van der Waals surface area contributed by atoms with E-state index in [2.05, 4.69) is 130 Å². The van der Waals surface area contributed by atoms with Crippen LogP contribution in [0.15, 0.2) is 134 Å². The summed E-state index contributed by atoms with van der Waals surface area (Å²) in [4.78, 5) is 12.9. The zero-order valence-electron chi connectivity index (χ0n) is 57.3. The molecule has 0 atom stereocenters. The molecule has 0 amide bonds. The largest absolute Gasteiger partial charge is 0.256 e. The average Bonchev–Trinajstić information content (AvgIpc) is 4.44. The quantitative estimate of drug-likeness (QED) is 0.129. The zero-order chi connectivity index (χ0) is 66.1. The maximum Gasteiger partial charge on any atom is 0.177 e. The van der Waals surface area contributed by atoms with Crippen LogP contribution in [0.3, 0.4) is 0 Å². The van der Waals surface area contributed by atoms with Gasteiger partial charge in [0.05, 0.1) is 41.7 Å². The first-order valence-electron chi connectivity index (χ1n) is 28.5. The van der Waals surface area contributed by atoms with Crippen molar-refractivity contribution in [2.45, 2.75) is 166 Å². The van der Waals surface area contributed by atoms with E-state index in [0.717, 1.165) is 38.6 Å². The maximum atomic E-state index is 4.34. The Labute approximate surface area is 516 Å². The monoisotopic (exact) mass is 1200 g/mol. The third-order valence-corrected chi connectivity index (χ3v) is 9.70. The minimum Gasteiger partial charge on any atom is -0.256 e. The van der Waals surface area contributed by atoms with Gasteiger partial charge in [0.25, 0.3) is 0 Å². The molecule has 0 N–H and O–H groups in total. The lowest BCUT2D eigenvalue weighted by Gasteiger charge is -1.87. The highest BCUT2D eigenvalue weighted by atomic mass is 32.1. The summed E-state index contributed by atoms with van der Waals surface area (Å²) in [5, 5.41) is 35.0. The minimum atomic E-state index is 0.822. The van der Waals surface area contributed by atoms with Crippen LogP contribution in [0.1, 0.15) is 152 Å². The van der Waals surface area contributed by atoms with Crippen molar-refractivity contribution in [3.8, 4) is 0 Å². The van der Waals surface area contributed by atoms with E-state index in [0.29, 0.717) is 0 Å². The van der Waals surface area contributed by atoms with Crippen LogP contribution in [0.25, 0.3) is 0 Å². The first kappa shape index (κ1) is 90.0. The summed E-state index contributed by atoms with van der Waals surface area (Å²) in [7, 11) is 11.5. The number of pyridine rings is 3. The fraction of sp³-hybridized carbons (Fsp3) is 0.492. The highest BCUT2D eigenvalue weighted by molar-refractivity contribution is 7.11. The Morgan fingerprint density at radius 3 is 1.18 bits per heavy atom. The summed E-state index contributed by atoms with van der Waals surface area (Å²) < 4.78 is 21.7. The standard InChI is InChI=1S/3C7H10N.C5H6N2.C4H6N2O.2C4H6N2S.3C3H5N3.7C2H6/c1-7-3-5-8(2)6-4-7;1-7-4-3-5-8(2)6-7;1-7-5-3-4-6-8(7)2;1-5-6-3-2-4-7-5;1-3-4(2)6-7-5-3;1-3-5-6-4(2)7-3;1-3-4(2)6-7-5-3;1-6-3-4-2-5-6;1-6-3-2-4-5-6;1-6-4-2-3-5-6;7*1-2/h3*3-6H,1-2H3;2-4H,1H3;3*1-2H3;3*2-3H,1H3;7*1-2H3/q3*+1;;;;;;;;;;;;;;. The van der Waals surface area contributed by atoms with E-state index in [1.165, 1.54) is 39.7 Å². The van der Waals surface area contributed by atoms with Gasteiger partial charge < -0.3 is 0 Å². The van der Waals surface area contributed by atoms with Crippen LogP contribution in [-0.4, -0.2) is 84.0 Å². The average molecular weight is 1200 g/mol. The van der Waals surface area contributed by atoms with Crippen LogP contribution in [-0.2, 0) is 42.3 Å². The van der Waals surface area contributed by atoms with Crippen molar-refractivity contribution in [3.05, 3.63) is 185 Å². The molecule has 10 aromatic heterocycles. The second-order valence-electron chi connectivity index (χ2n) is 14.7. The van der Waals surface area contributed by atoms with E-state index < -0.39 is 0 Å². The van der Waals surface area contributed by atoms with Gasteiger partial charge in [0, 0.05) is 82.6 Å². The number of hydrogen-bond donors (Lipinski definition) is 0. The number of hydrogen-bond acceptors (Lipinski definition) is 17. The smallest absolute Gasteiger partial charge is 0.177 e. The molecule has 0 unspecified atom stereocenters. The van der Waals surface area contributed by atoms with Gasteiger partial charge in [-0.05, 0) is 80.0 Å². The predicted octanol–water partition coefficient (Wildman–Crippen LogP) is 12.9. The van der Waals surface area contributed by atoms with Crippen molar-refractivity contribution >= 4 is 23.1 Å². The van der Waals surface area contributed by atoms with Crippen molar-refractivity contribution in [3.63, 3.8) is 0 Å². The SMILES string of the molecule is CC.CC.CC.CC.CC.CC.CC.Cc1cc[n+](C)cc1.Cc1ccc[n+](C)c1.Cc1cccc[n+]1C.Cc1ncccn1.Cc1nnc(C)s1.Cc1nonc1C.Cc1nsnc1C.Cn1ccnn1.Cn1cncn1.Cn1nccn1. The molecule has 0 radical (unpaired) electrons. The molecule has 0 spiro atoms. The lowest BCUT2D eigenvalue weighted by Crippen LogP contribution is -2.30. The summed E-state index contributed by atoms with van der Waals surface area (Å²) in [6.07, 6.45) is 23.5. The van der Waals surface area contributed by atoms with Gasteiger partial charge in [0.15, 0.2) is 36.7 Å². The highest BCUT2D eigenvalue weighted by Crippen LogP contribution is 2.04. The predicted molar refractivity (Wildman–Crippen MR) is 349 cm³/mol. The molecule has 84 heavy (non-hydrogen) atoms. The Hall–Kier alpha value is -7.79. The summed E-state index contributed by atoms with van der Waals surface area (Å²) in [6.45, 7) is 47.6. The lowest BCUT2D eigenvalue weighted by atomic mass is 10.3. The molecule has 10 heterocycles. The molecule has 10 aromatic rings. The number of aromatic nitrogens is 20. The fourth-order valence-corrected chi connectivity index (χ4v) is 5.20. The third-order valence-electron chi connectivity index (χ3n) is 8.24. The van der Waals surface area contributed by atoms with Crippen molar-refractivity contribution < 1.29 is 18.3 Å². The Morgan fingerprint density at radius 1 is 0.476 bits per heavy atom. The Morgan fingerprint density at radius 2 is 0.976 bits per heavy atom. The normalized spacial score (nSPS) is 8.12. The maximum absolute atomic E-state index is 4.34. The van der Waals surface area contributed by atoms with E-state index in [1.807, 2.05) is 233 Å². The summed E-state index contributed by atoms with van der Waals surface area (Å²) in [6, 6.07) is 16.2. The zero-order valence-corrected chi connectivity index (χ0v) is 58.9. The Kier molecular flexibility index (Phi) is 72.5. The van der Waals surface area contributed by atoms with Gasteiger partial charge >= 0.3 is 0 Å². The lowest BCUT2D eigenvalue weighted by molar-refractivity contribution is -0.677. The summed E-state index contributed by atoms with van der Waals surface area (Å²) in [5.74, 6) is 0.822. The topological polar surface area (TPSA) is 220 Å². The number of aryl methyl sites for hydroxylation is 16. The molecule has 0 aromatic carbocycles. The molecule has 0 fully saturated rings. The van der Waals surface area contributed by atoms with E-state index in [9.17, 15) is 0 Å². The van der Waals surface area contributed by atoms with Crippen LogP contribution >= 0.6 is 23.1 Å². The fourth-order valence-electron chi connectivity index (χ4n) is 4.06. The van der Waals surface area contributed by atoms with Gasteiger partial charge in [0.1, 0.15) is 61.0 Å². The Balaban J connectivity index is -0.000000153. The first-order valence-corrected chi connectivity index (χ1v) is 30.1. The van der Waals surface area contributed by atoms with E-state index in [4.69, 9.17) is 0 Å². The second kappa shape index (κ2) is 67.7. The van der Waals surface area contributed by atoms with E-state index >= 15 is 0 Å². The molecule has 0 aliphatic heterocycles. The van der Waals surface area contributed by atoms with Crippen molar-refractivity contribution in [2.24, 2.45) is 42.3 Å². The second-order valence-corrected chi connectivity index (χ2v) is 16.6. The molecule has 23 heteroatoms. The van der Waals surface area contributed by atoms with Crippen LogP contribution in [0.2, 0.25) is 0 Å². The van der Waals surface area contributed by atoms with Gasteiger partial charge in [-0.2, -0.15) is 28.8 Å². The first-order chi connectivity index (χ1) is 40.4. The van der Waals surface area contributed by atoms with Crippen LogP contribution in [0.5, 0.6) is 0 Å². The van der Waals surface area contributed by atoms with Crippen molar-refractivity contribution in [2.75, 3.05) is 0 Å². The molecular formula is C61H111N20OS2+3. The molecule has 0 saturated heterocycles. The summed E-state index contributed by atoms with van der Waals surface area (Å²) >= 11 is 2.89. The molecule has 0 aliphatic rings. The van der Waals surface area contributed by atoms with Gasteiger partial charge in [-0.15, -0.1) is 26.6 Å².